The standard InChI is InChI=1S/C16H23N3O2S/c1-3-19-14(13-5-4-10-21-13)17-18-15(19)22-11-16(20)8-6-12(2)7-9-16/h4-5,10,12,20H,3,6-9,11H2,1-2H3. The summed E-state index contributed by atoms with van der Waals surface area (Å²) >= 11 is 1.59. The van der Waals surface area contributed by atoms with Crippen molar-refractivity contribution < 1.29 is 9.52 Å². The van der Waals surface area contributed by atoms with Gasteiger partial charge in [0.1, 0.15) is 0 Å². The normalized spacial score (nSPS) is 25.5. The summed E-state index contributed by atoms with van der Waals surface area (Å²) in [6, 6.07) is 3.74. The molecular weight excluding hydrogens is 298 g/mol. The Morgan fingerprint density at radius 2 is 2.18 bits per heavy atom. The van der Waals surface area contributed by atoms with Crippen LogP contribution in [0.25, 0.3) is 11.6 Å². The molecule has 0 unspecified atom stereocenters. The molecule has 1 aliphatic carbocycles. The number of hydrogen-bond acceptors (Lipinski definition) is 5. The fourth-order valence-corrected chi connectivity index (χ4v) is 4.07. The van der Waals surface area contributed by atoms with Crippen molar-refractivity contribution in [2.75, 3.05) is 5.75 Å². The molecule has 0 radical (unpaired) electrons. The van der Waals surface area contributed by atoms with Gasteiger partial charge in [0, 0.05) is 12.3 Å². The van der Waals surface area contributed by atoms with E-state index in [1.165, 1.54) is 0 Å². The third-order valence-electron chi connectivity index (χ3n) is 4.45. The monoisotopic (exact) mass is 321 g/mol. The Morgan fingerprint density at radius 3 is 2.82 bits per heavy atom. The second-order valence-corrected chi connectivity index (χ2v) is 7.17. The number of thioether (sulfide) groups is 1. The number of aliphatic hydroxyl groups is 1. The van der Waals surface area contributed by atoms with Gasteiger partial charge in [-0.2, -0.15) is 0 Å². The molecule has 0 atom stereocenters. The highest BCUT2D eigenvalue weighted by atomic mass is 32.2. The van der Waals surface area contributed by atoms with Crippen LogP contribution >= 0.6 is 11.8 Å². The third kappa shape index (κ3) is 3.22. The Labute approximate surface area is 135 Å². The molecule has 2 aromatic heterocycles. The van der Waals surface area contributed by atoms with E-state index in [2.05, 4.69) is 24.0 Å². The molecule has 120 valence electrons. The maximum absolute atomic E-state index is 10.7. The summed E-state index contributed by atoms with van der Waals surface area (Å²) in [6.07, 6.45) is 5.62. The van der Waals surface area contributed by atoms with Crippen LogP contribution in [0.4, 0.5) is 0 Å². The van der Waals surface area contributed by atoms with Gasteiger partial charge in [0.25, 0.3) is 0 Å². The first-order valence-electron chi connectivity index (χ1n) is 7.93. The van der Waals surface area contributed by atoms with Crippen LogP contribution in [0.1, 0.15) is 39.5 Å². The lowest BCUT2D eigenvalue weighted by atomic mass is 9.81. The van der Waals surface area contributed by atoms with E-state index in [0.717, 1.165) is 54.9 Å². The van der Waals surface area contributed by atoms with Crippen molar-refractivity contribution in [1.82, 2.24) is 14.8 Å². The predicted octanol–water partition coefficient (Wildman–Crippen LogP) is 3.59. The Bertz CT molecular complexity index is 601. The van der Waals surface area contributed by atoms with Crippen LogP contribution in [0.15, 0.2) is 28.0 Å². The van der Waals surface area contributed by atoms with Crippen molar-refractivity contribution in [3.63, 3.8) is 0 Å². The number of furan rings is 1. The van der Waals surface area contributed by atoms with E-state index in [4.69, 9.17) is 4.42 Å². The quantitative estimate of drug-likeness (QED) is 0.853. The summed E-state index contributed by atoms with van der Waals surface area (Å²) in [4.78, 5) is 0. The van der Waals surface area contributed by atoms with Crippen molar-refractivity contribution in [2.24, 2.45) is 5.92 Å². The van der Waals surface area contributed by atoms with E-state index in [1.54, 1.807) is 18.0 Å². The first-order chi connectivity index (χ1) is 10.6. The SMILES string of the molecule is CCn1c(SCC2(O)CCC(C)CC2)nnc1-c1ccco1. The average Bonchev–Trinajstić information content (AvgIpc) is 3.16. The van der Waals surface area contributed by atoms with Gasteiger partial charge in [0.2, 0.25) is 0 Å². The van der Waals surface area contributed by atoms with Crippen LogP contribution < -0.4 is 0 Å². The molecule has 2 heterocycles. The first-order valence-corrected chi connectivity index (χ1v) is 8.92. The zero-order valence-corrected chi connectivity index (χ0v) is 14.0. The fourth-order valence-electron chi connectivity index (χ4n) is 2.91. The zero-order valence-electron chi connectivity index (χ0n) is 13.2. The van der Waals surface area contributed by atoms with Gasteiger partial charge in [-0.25, -0.2) is 0 Å². The smallest absolute Gasteiger partial charge is 0.200 e. The van der Waals surface area contributed by atoms with Gasteiger partial charge in [0.05, 0.1) is 11.9 Å². The van der Waals surface area contributed by atoms with Crippen molar-refractivity contribution in [1.29, 1.82) is 0 Å². The van der Waals surface area contributed by atoms with Gasteiger partial charge in [-0.1, -0.05) is 18.7 Å². The summed E-state index contributed by atoms with van der Waals surface area (Å²) in [5.41, 5.74) is -0.563. The minimum atomic E-state index is -0.563. The molecule has 0 aliphatic heterocycles. The van der Waals surface area contributed by atoms with Gasteiger partial charge in [-0.3, -0.25) is 4.57 Å². The highest BCUT2D eigenvalue weighted by Gasteiger charge is 2.32. The van der Waals surface area contributed by atoms with Gasteiger partial charge in [-0.05, 0) is 50.7 Å². The van der Waals surface area contributed by atoms with Gasteiger partial charge in [0.15, 0.2) is 16.7 Å². The second kappa shape index (κ2) is 6.46. The molecule has 1 fully saturated rings. The molecule has 1 saturated carbocycles. The fraction of sp³-hybridized carbons (Fsp3) is 0.625. The van der Waals surface area contributed by atoms with Crippen LogP contribution in [-0.4, -0.2) is 31.2 Å². The molecule has 6 heteroatoms. The molecule has 0 amide bonds. The topological polar surface area (TPSA) is 64.1 Å². The van der Waals surface area contributed by atoms with Crippen molar-refractivity contribution in [3.8, 4) is 11.6 Å². The zero-order chi connectivity index (χ0) is 15.6. The highest BCUT2D eigenvalue weighted by Crippen LogP contribution is 2.36. The summed E-state index contributed by atoms with van der Waals surface area (Å²) in [5, 5.41) is 20.1. The minimum Gasteiger partial charge on any atom is -0.461 e. The molecule has 1 aliphatic rings. The maximum atomic E-state index is 10.7. The molecular formula is C16H23N3O2S. The predicted molar refractivity (Wildman–Crippen MR) is 86.7 cm³/mol. The molecule has 3 rings (SSSR count). The van der Waals surface area contributed by atoms with Crippen LogP contribution in [0, 0.1) is 5.92 Å². The summed E-state index contributed by atoms with van der Waals surface area (Å²) in [5.74, 6) is 2.89. The van der Waals surface area contributed by atoms with E-state index in [-0.39, 0.29) is 0 Å². The van der Waals surface area contributed by atoms with E-state index in [9.17, 15) is 5.11 Å². The van der Waals surface area contributed by atoms with E-state index in [0.29, 0.717) is 5.75 Å². The van der Waals surface area contributed by atoms with E-state index >= 15 is 0 Å². The van der Waals surface area contributed by atoms with Crippen LogP contribution in [0.2, 0.25) is 0 Å². The van der Waals surface area contributed by atoms with Crippen molar-refractivity contribution in [2.45, 2.75) is 56.8 Å². The average molecular weight is 321 g/mol. The summed E-state index contributed by atoms with van der Waals surface area (Å²) in [6.45, 7) is 5.10. The third-order valence-corrected chi connectivity index (χ3v) is 5.69. The second-order valence-electron chi connectivity index (χ2n) is 6.22. The number of aromatic nitrogens is 3. The van der Waals surface area contributed by atoms with Gasteiger partial charge in [-0.15, -0.1) is 10.2 Å². The van der Waals surface area contributed by atoms with E-state index in [1.807, 2.05) is 16.7 Å². The van der Waals surface area contributed by atoms with Gasteiger partial charge < -0.3 is 9.52 Å². The first kappa shape index (κ1) is 15.6. The summed E-state index contributed by atoms with van der Waals surface area (Å²) in [7, 11) is 0. The lowest BCUT2D eigenvalue weighted by Crippen LogP contribution is -2.36. The lowest BCUT2D eigenvalue weighted by Gasteiger charge is -2.34. The van der Waals surface area contributed by atoms with Crippen LogP contribution in [0.3, 0.4) is 0 Å². The molecule has 0 spiro atoms. The lowest BCUT2D eigenvalue weighted by molar-refractivity contribution is 0.0149. The molecule has 0 aromatic carbocycles. The number of hydrogen-bond donors (Lipinski definition) is 1. The highest BCUT2D eigenvalue weighted by molar-refractivity contribution is 7.99. The molecule has 0 bridgehead atoms. The van der Waals surface area contributed by atoms with Crippen LogP contribution in [-0.2, 0) is 6.54 Å². The Morgan fingerprint density at radius 1 is 1.41 bits per heavy atom. The molecule has 0 saturated heterocycles. The van der Waals surface area contributed by atoms with Gasteiger partial charge >= 0.3 is 0 Å². The Balaban J connectivity index is 1.71. The molecule has 2 aromatic rings. The number of nitrogens with zero attached hydrogens (tertiary/aromatic N) is 3. The van der Waals surface area contributed by atoms with Crippen LogP contribution in [0.5, 0.6) is 0 Å². The molecule has 1 N–H and O–H groups in total. The Kier molecular flexibility index (Phi) is 4.59. The number of rotatable bonds is 5. The molecule has 22 heavy (non-hydrogen) atoms. The Hall–Kier alpha value is -1.27. The molecule has 5 nitrogen and oxygen atoms in total. The largest absolute Gasteiger partial charge is 0.461 e. The van der Waals surface area contributed by atoms with Crippen molar-refractivity contribution in [3.05, 3.63) is 18.4 Å². The summed E-state index contributed by atoms with van der Waals surface area (Å²) < 4.78 is 7.46. The maximum Gasteiger partial charge on any atom is 0.200 e. The van der Waals surface area contributed by atoms with E-state index < -0.39 is 5.60 Å². The van der Waals surface area contributed by atoms with Crippen molar-refractivity contribution >= 4 is 11.8 Å². The minimum absolute atomic E-state index is 0.563.